The van der Waals surface area contributed by atoms with Crippen molar-refractivity contribution in [2.45, 2.75) is 12.5 Å². The lowest BCUT2D eigenvalue weighted by atomic mass is 9.96. The molecule has 1 N–H and O–H groups in total. The van der Waals surface area contributed by atoms with Crippen molar-refractivity contribution in [3.63, 3.8) is 0 Å². The Morgan fingerprint density at radius 1 is 1.05 bits per heavy atom. The van der Waals surface area contributed by atoms with Crippen molar-refractivity contribution < 1.29 is 0 Å². The summed E-state index contributed by atoms with van der Waals surface area (Å²) >= 11 is 1.76. The lowest BCUT2D eigenvalue weighted by Crippen LogP contribution is -2.18. The summed E-state index contributed by atoms with van der Waals surface area (Å²) < 4.78 is 0. The second kappa shape index (κ2) is 5.55. The van der Waals surface area contributed by atoms with Crippen molar-refractivity contribution in [1.82, 2.24) is 5.32 Å². The van der Waals surface area contributed by atoms with Gasteiger partial charge in [0.05, 0.1) is 0 Å². The molecule has 1 aromatic heterocycles. The second-order valence-electron chi connectivity index (χ2n) is 4.74. The molecule has 3 rings (SSSR count). The van der Waals surface area contributed by atoms with E-state index >= 15 is 0 Å². The van der Waals surface area contributed by atoms with Gasteiger partial charge in [-0.15, -0.1) is 0 Å². The summed E-state index contributed by atoms with van der Waals surface area (Å²) in [5, 5.41) is 10.5. The van der Waals surface area contributed by atoms with Crippen LogP contribution in [0.1, 0.15) is 17.2 Å². The number of rotatable bonds is 4. The van der Waals surface area contributed by atoms with Gasteiger partial charge in [-0.2, -0.15) is 11.3 Å². The van der Waals surface area contributed by atoms with Crippen LogP contribution in [0.3, 0.4) is 0 Å². The van der Waals surface area contributed by atoms with Gasteiger partial charge in [-0.05, 0) is 52.2 Å². The molecule has 0 aliphatic rings. The van der Waals surface area contributed by atoms with Crippen LogP contribution < -0.4 is 5.32 Å². The first-order valence-electron chi connectivity index (χ1n) is 6.54. The lowest BCUT2D eigenvalue weighted by molar-refractivity contribution is 0.596. The van der Waals surface area contributed by atoms with Crippen molar-refractivity contribution in [2.24, 2.45) is 0 Å². The fourth-order valence-corrected chi connectivity index (χ4v) is 3.26. The molecule has 3 aromatic rings. The maximum absolute atomic E-state index is 3.42. The summed E-state index contributed by atoms with van der Waals surface area (Å²) in [6, 6.07) is 17.8. The minimum Gasteiger partial charge on any atom is -0.313 e. The van der Waals surface area contributed by atoms with E-state index in [4.69, 9.17) is 0 Å². The molecule has 0 saturated carbocycles. The molecule has 96 valence electrons. The van der Waals surface area contributed by atoms with Crippen LogP contribution in [0.25, 0.3) is 10.8 Å². The van der Waals surface area contributed by atoms with Gasteiger partial charge < -0.3 is 5.32 Å². The predicted octanol–water partition coefficient (Wildman–Crippen LogP) is 4.40. The number of thiophene rings is 1. The van der Waals surface area contributed by atoms with Gasteiger partial charge in [0.1, 0.15) is 0 Å². The van der Waals surface area contributed by atoms with Crippen LogP contribution in [-0.4, -0.2) is 7.05 Å². The zero-order valence-corrected chi connectivity index (χ0v) is 11.8. The molecule has 0 amide bonds. The SMILES string of the molecule is CNC(Cc1cccc2ccccc12)c1ccsc1. The van der Waals surface area contributed by atoms with Crippen molar-refractivity contribution in [3.8, 4) is 0 Å². The number of hydrogen-bond donors (Lipinski definition) is 1. The Hall–Kier alpha value is -1.64. The molecule has 19 heavy (non-hydrogen) atoms. The van der Waals surface area contributed by atoms with Gasteiger partial charge in [-0.3, -0.25) is 0 Å². The normalized spacial score (nSPS) is 12.7. The molecule has 0 fully saturated rings. The van der Waals surface area contributed by atoms with Crippen molar-refractivity contribution >= 4 is 22.1 Å². The van der Waals surface area contributed by atoms with E-state index in [-0.39, 0.29) is 0 Å². The van der Waals surface area contributed by atoms with E-state index in [0.717, 1.165) is 6.42 Å². The molecule has 2 heteroatoms. The monoisotopic (exact) mass is 267 g/mol. The molecule has 0 saturated heterocycles. The third-order valence-electron chi connectivity index (χ3n) is 3.60. The molecule has 0 aliphatic heterocycles. The Balaban J connectivity index is 1.96. The number of benzene rings is 2. The molecular weight excluding hydrogens is 250 g/mol. The molecule has 0 aliphatic carbocycles. The summed E-state index contributed by atoms with van der Waals surface area (Å²) in [5.41, 5.74) is 2.78. The fourth-order valence-electron chi connectivity index (χ4n) is 2.55. The van der Waals surface area contributed by atoms with Crippen LogP contribution >= 0.6 is 11.3 Å². The summed E-state index contributed by atoms with van der Waals surface area (Å²) in [7, 11) is 2.04. The topological polar surface area (TPSA) is 12.0 Å². The number of nitrogens with one attached hydrogen (secondary N) is 1. The maximum Gasteiger partial charge on any atom is 0.0366 e. The average Bonchev–Trinajstić information content (AvgIpc) is 2.99. The van der Waals surface area contributed by atoms with Crippen LogP contribution in [0.5, 0.6) is 0 Å². The van der Waals surface area contributed by atoms with E-state index in [1.54, 1.807) is 11.3 Å². The van der Waals surface area contributed by atoms with E-state index in [1.807, 2.05) is 7.05 Å². The van der Waals surface area contributed by atoms with Gasteiger partial charge in [0.15, 0.2) is 0 Å². The zero-order valence-electron chi connectivity index (χ0n) is 11.0. The van der Waals surface area contributed by atoms with Crippen molar-refractivity contribution in [2.75, 3.05) is 7.05 Å². The number of likely N-dealkylation sites (N-methyl/N-ethyl adjacent to an activating group) is 1. The summed E-state index contributed by atoms with van der Waals surface area (Å²) in [6.45, 7) is 0. The highest BCUT2D eigenvalue weighted by atomic mass is 32.1. The quantitative estimate of drug-likeness (QED) is 0.738. The molecule has 2 aromatic carbocycles. The molecule has 1 heterocycles. The third-order valence-corrected chi connectivity index (χ3v) is 4.30. The highest BCUT2D eigenvalue weighted by Crippen LogP contribution is 2.25. The molecule has 1 nitrogen and oxygen atoms in total. The highest BCUT2D eigenvalue weighted by Gasteiger charge is 2.11. The van der Waals surface area contributed by atoms with Gasteiger partial charge in [0, 0.05) is 6.04 Å². The minimum absolute atomic E-state index is 0.386. The second-order valence-corrected chi connectivity index (χ2v) is 5.52. The smallest absolute Gasteiger partial charge is 0.0366 e. The van der Waals surface area contributed by atoms with Gasteiger partial charge in [0.25, 0.3) is 0 Å². The lowest BCUT2D eigenvalue weighted by Gasteiger charge is -2.16. The Labute approximate surface area is 117 Å². The molecule has 1 atom stereocenters. The van der Waals surface area contributed by atoms with Crippen LogP contribution in [-0.2, 0) is 6.42 Å². The fraction of sp³-hybridized carbons (Fsp3) is 0.176. The molecular formula is C17H17NS. The molecule has 0 bridgehead atoms. The summed E-state index contributed by atoms with van der Waals surface area (Å²) in [4.78, 5) is 0. The van der Waals surface area contributed by atoms with Gasteiger partial charge in [-0.25, -0.2) is 0 Å². The van der Waals surface area contributed by atoms with Crippen LogP contribution in [0.2, 0.25) is 0 Å². The van der Waals surface area contributed by atoms with E-state index in [1.165, 1.54) is 21.9 Å². The molecule has 0 spiro atoms. The maximum atomic E-state index is 3.42. The average molecular weight is 267 g/mol. The Morgan fingerprint density at radius 2 is 1.89 bits per heavy atom. The van der Waals surface area contributed by atoms with Crippen LogP contribution in [0.4, 0.5) is 0 Å². The van der Waals surface area contributed by atoms with Crippen molar-refractivity contribution in [3.05, 3.63) is 70.4 Å². The molecule has 1 unspecified atom stereocenters. The summed E-state index contributed by atoms with van der Waals surface area (Å²) in [5.74, 6) is 0. The van der Waals surface area contributed by atoms with Crippen molar-refractivity contribution in [1.29, 1.82) is 0 Å². The number of hydrogen-bond acceptors (Lipinski definition) is 2. The largest absolute Gasteiger partial charge is 0.313 e. The highest BCUT2D eigenvalue weighted by molar-refractivity contribution is 7.07. The zero-order chi connectivity index (χ0) is 13.1. The van der Waals surface area contributed by atoms with Gasteiger partial charge in [-0.1, -0.05) is 42.5 Å². The first kappa shape index (κ1) is 12.4. The van der Waals surface area contributed by atoms with E-state index in [2.05, 4.69) is 64.6 Å². The first-order valence-corrected chi connectivity index (χ1v) is 7.49. The first-order chi connectivity index (χ1) is 9.38. The molecule has 0 radical (unpaired) electrons. The standard InChI is InChI=1S/C17H17NS/c1-18-17(15-9-10-19-12-15)11-14-7-4-6-13-5-2-3-8-16(13)14/h2-10,12,17-18H,11H2,1H3. The van der Waals surface area contributed by atoms with Gasteiger partial charge >= 0.3 is 0 Å². The third kappa shape index (κ3) is 2.55. The summed E-state index contributed by atoms with van der Waals surface area (Å²) in [6.07, 6.45) is 1.02. The number of fused-ring (bicyclic) bond motifs is 1. The Bertz CT molecular complexity index is 653. The van der Waals surface area contributed by atoms with E-state index in [9.17, 15) is 0 Å². The van der Waals surface area contributed by atoms with E-state index < -0.39 is 0 Å². The Kier molecular flexibility index (Phi) is 3.62. The Morgan fingerprint density at radius 3 is 2.68 bits per heavy atom. The van der Waals surface area contributed by atoms with E-state index in [0.29, 0.717) is 6.04 Å². The van der Waals surface area contributed by atoms with Crippen LogP contribution in [0, 0.1) is 0 Å². The van der Waals surface area contributed by atoms with Crippen LogP contribution in [0.15, 0.2) is 59.3 Å². The predicted molar refractivity (Wildman–Crippen MR) is 83.8 cm³/mol. The van der Waals surface area contributed by atoms with Gasteiger partial charge in [0.2, 0.25) is 0 Å². The minimum atomic E-state index is 0.386.